The molecule has 1 N–H and O–H groups in total. The van der Waals surface area contributed by atoms with Crippen LogP contribution in [0.5, 0.6) is 0 Å². The van der Waals surface area contributed by atoms with E-state index in [-0.39, 0.29) is 10.7 Å². The van der Waals surface area contributed by atoms with Crippen LogP contribution in [0.3, 0.4) is 0 Å². The van der Waals surface area contributed by atoms with Crippen LogP contribution in [0.1, 0.15) is 12.5 Å². The van der Waals surface area contributed by atoms with Crippen molar-refractivity contribution in [1.29, 1.82) is 0 Å². The van der Waals surface area contributed by atoms with Gasteiger partial charge in [0.25, 0.3) is 0 Å². The molecule has 1 aromatic carbocycles. The molecular weight excluding hydrogens is 322 g/mol. The molecule has 94 valence electrons. The van der Waals surface area contributed by atoms with Crippen LogP contribution in [0.4, 0.5) is 18.9 Å². The van der Waals surface area contributed by atoms with Gasteiger partial charge in [0, 0.05) is 0 Å². The third-order valence-corrected chi connectivity index (χ3v) is 2.66. The average molecular weight is 331 g/mol. The van der Waals surface area contributed by atoms with Gasteiger partial charge in [-0.1, -0.05) is 27.5 Å². The third-order valence-electron chi connectivity index (χ3n) is 1.91. The average Bonchev–Trinajstić information content (AvgIpc) is 2.19. The molecule has 0 aliphatic carbocycles. The monoisotopic (exact) mass is 329 g/mol. The molecule has 0 aromatic heterocycles. The van der Waals surface area contributed by atoms with Crippen molar-refractivity contribution >= 4 is 39.1 Å². The zero-order chi connectivity index (χ0) is 13.2. The van der Waals surface area contributed by atoms with Crippen LogP contribution in [0.25, 0.3) is 0 Å². The molecule has 0 aliphatic heterocycles. The first kappa shape index (κ1) is 14.3. The van der Waals surface area contributed by atoms with Gasteiger partial charge in [-0.05, 0) is 25.1 Å². The summed E-state index contributed by atoms with van der Waals surface area (Å²) in [4.78, 5) is 10.8. The lowest BCUT2D eigenvalue weighted by Crippen LogP contribution is -2.20. The highest BCUT2D eigenvalue weighted by atomic mass is 79.9. The Kier molecular flexibility index (Phi) is 4.43. The van der Waals surface area contributed by atoms with Gasteiger partial charge in [0.05, 0.1) is 21.1 Å². The lowest BCUT2D eigenvalue weighted by atomic mass is 10.2. The van der Waals surface area contributed by atoms with E-state index in [1.165, 1.54) is 0 Å². The van der Waals surface area contributed by atoms with E-state index in [2.05, 4.69) is 21.2 Å². The van der Waals surface area contributed by atoms with Crippen molar-refractivity contribution in [3.63, 3.8) is 0 Å². The summed E-state index contributed by atoms with van der Waals surface area (Å²) in [6, 6.07) is 2.75. The number of carbonyl (C=O) groups excluding carboxylic acids is 1. The third kappa shape index (κ3) is 3.89. The first-order valence-corrected chi connectivity index (χ1v) is 5.83. The SMILES string of the molecule is CC(Br)C(=O)Nc1cc(C(F)(F)F)ccc1Cl. The normalized spacial score (nSPS) is 13.3. The van der Waals surface area contributed by atoms with Gasteiger partial charge in [0.15, 0.2) is 0 Å². The quantitative estimate of drug-likeness (QED) is 0.813. The molecule has 1 unspecified atom stereocenters. The lowest BCUT2D eigenvalue weighted by molar-refractivity contribution is -0.137. The largest absolute Gasteiger partial charge is 0.416 e. The fraction of sp³-hybridized carbons (Fsp3) is 0.300. The minimum absolute atomic E-state index is 0.0551. The molecule has 0 heterocycles. The molecule has 0 radical (unpaired) electrons. The predicted octanol–water partition coefficient (Wildman–Crippen LogP) is 4.08. The van der Waals surface area contributed by atoms with E-state index in [9.17, 15) is 18.0 Å². The summed E-state index contributed by atoms with van der Waals surface area (Å²) in [5.41, 5.74) is -0.919. The zero-order valence-electron chi connectivity index (χ0n) is 8.61. The van der Waals surface area contributed by atoms with Crippen LogP contribution < -0.4 is 5.32 Å². The summed E-state index contributed by atoms with van der Waals surface area (Å²) in [5, 5.41) is 2.36. The van der Waals surface area contributed by atoms with Crippen molar-refractivity contribution in [2.75, 3.05) is 5.32 Å². The number of nitrogens with one attached hydrogen (secondary N) is 1. The summed E-state index contributed by atoms with van der Waals surface area (Å²) >= 11 is 8.70. The highest BCUT2D eigenvalue weighted by Crippen LogP contribution is 2.33. The standard InChI is InChI=1S/C10H8BrClF3NO/c1-5(11)9(17)16-8-4-6(10(13,14)15)2-3-7(8)12/h2-5H,1H3,(H,16,17). The van der Waals surface area contributed by atoms with Crippen LogP contribution in [0.2, 0.25) is 5.02 Å². The van der Waals surface area contributed by atoms with Crippen LogP contribution in [-0.4, -0.2) is 10.7 Å². The smallest absolute Gasteiger partial charge is 0.324 e. The Morgan fingerprint density at radius 3 is 2.53 bits per heavy atom. The van der Waals surface area contributed by atoms with E-state index in [1.807, 2.05) is 0 Å². The first-order chi connectivity index (χ1) is 7.71. The Labute approximate surface area is 109 Å². The van der Waals surface area contributed by atoms with Gasteiger partial charge in [-0.3, -0.25) is 4.79 Å². The molecule has 17 heavy (non-hydrogen) atoms. The van der Waals surface area contributed by atoms with Crippen LogP contribution in [-0.2, 0) is 11.0 Å². The van der Waals surface area contributed by atoms with Crippen LogP contribution >= 0.6 is 27.5 Å². The number of anilines is 1. The Morgan fingerprint density at radius 1 is 1.47 bits per heavy atom. The van der Waals surface area contributed by atoms with Gasteiger partial charge in [-0.15, -0.1) is 0 Å². The second-order valence-electron chi connectivity index (χ2n) is 3.30. The maximum Gasteiger partial charge on any atom is 0.416 e. The van der Waals surface area contributed by atoms with Gasteiger partial charge in [0.1, 0.15) is 0 Å². The minimum atomic E-state index is -4.47. The number of carbonyl (C=O) groups is 1. The van der Waals surface area contributed by atoms with E-state index in [0.717, 1.165) is 18.2 Å². The van der Waals surface area contributed by atoms with Crippen molar-refractivity contribution in [2.24, 2.45) is 0 Å². The van der Waals surface area contributed by atoms with E-state index < -0.39 is 22.5 Å². The van der Waals surface area contributed by atoms with E-state index in [1.54, 1.807) is 6.92 Å². The zero-order valence-corrected chi connectivity index (χ0v) is 10.9. The number of rotatable bonds is 2. The second kappa shape index (κ2) is 5.27. The summed E-state index contributed by atoms with van der Waals surface area (Å²) in [7, 11) is 0. The van der Waals surface area contributed by atoms with Gasteiger partial charge >= 0.3 is 6.18 Å². The highest BCUT2D eigenvalue weighted by Gasteiger charge is 2.31. The molecule has 0 fully saturated rings. The number of hydrogen-bond acceptors (Lipinski definition) is 1. The highest BCUT2D eigenvalue weighted by molar-refractivity contribution is 9.10. The number of amides is 1. The molecular formula is C10H8BrClF3NO. The molecule has 1 aromatic rings. The molecule has 1 amide bonds. The molecule has 0 bridgehead atoms. The van der Waals surface area contributed by atoms with Gasteiger partial charge in [-0.25, -0.2) is 0 Å². The van der Waals surface area contributed by atoms with Crippen LogP contribution in [0.15, 0.2) is 18.2 Å². The Bertz CT molecular complexity index is 434. The van der Waals surface area contributed by atoms with E-state index >= 15 is 0 Å². The molecule has 0 saturated heterocycles. The summed E-state index contributed by atoms with van der Waals surface area (Å²) in [6.45, 7) is 1.55. The van der Waals surface area contributed by atoms with E-state index in [0.29, 0.717) is 0 Å². The molecule has 0 saturated carbocycles. The topological polar surface area (TPSA) is 29.1 Å². The summed E-state index contributed by atoms with van der Waals surface area (Å²) < 4.78 is 37.3. The fourth-order valence-corrected chi connectivity index (χ4v) is 1.31. The van der Waals surface area contributed by atoms with Crippen molar-refractivity contribution in [3.8, 4) is 0 Å². The summed E-state index contributed by atoms with van der Waals surface area (Å²) in [6.07, 6.45) is -4.47. The second-order valence-corrected chi connectivity index (χ2v) is 5.08. The Balaban J connectivity index is 3.03. The van der Waals surface area contributed by atoms with Crippen molar-refractivity contribution in [2.45, 2.75) is 17.9 Å². The molecule has 0 aliphatic rings. The van der Waals surface area contributed by atoms with Crippen LogP contribution in [0, 0.1) is 0 Å². The number of alkyl halides is 4. The molecule has 1 rings (SSSR count). The number of halogens is 5. The lowest BCUT2D eigenvalue weighted by Gasteiger charge is -2.12. The van der Waals surface area contributed by atoms with Gasteiger partial charge < -0.3 is 5.32 Å². The Morgan fingerprint density at radius 2 is 2.06 bits per heavy atom. The predicted molar refractivity (Wildman–Crippen MR) is 63.5 cm³/mol. The van der Waals surface area contributed by atoms with E-state index in [4.69, 9.17) is 11.6 Å². The number of hydrogen-bond donors (Lipinski definition) is 1. The molecule has 7 heteroatoms. The fourth-order valence-electron chi connectivity index (χ4n) is 1.03. The molecule has 2 nitrogen and oxygen atoms in total. The first-order valence-electron chi connectivity index (χ1n) is 4.53. The van der Waals surface area contributed by atoms with Gasteiger partial charge in [0.2, 0.25) is 5.91 Å². The van der Waals surface area contributed by atoms with Crippen molar-refractivity contribution in [3.05, 3.63) is 28.8 Å². The Hall–Kier alpha value is -0.750. The maximum absolute atomic E-state index is 12.4. The molecule has 0 spiro atoms. The number of benzene rings is 1. The van der Waals surface area contributed by atoms with Crippen molar-refractivity contribution < 1.29 is 18.0 Å². The molecule has 1 atom stereocenters. The van der Waals surface area contributed by atoms with Gasteiger partial charge in [-0.2, -0.15) is 13.2 Å². The van der Waals surface area contributed by atoms with Crippen molar-refractivity contribution in [1.82, 2.24) is 0 Å². The minimum Gasteiger partial charge on any atom is -0.324 e. The summed E-state index contributed by atoms with van der Waals surface area (Å²) in [5.74, 6) is -0.466. The maximum atomic E-state index is 12.4.